The molecule has 4 N–H and O–H groups in total. The highest BCUT2D eigenvalue weighted by molar-refractivity contribution is 5.93. The Labute approximate surface area is 224 Å². The lowest BCUT2D eigenvalue weighted by Gasteiger charge is -2.28. The number of aromatic nitrogens is 3. The number of ether oxygens (including phenoxy) is 1. The molecule has 2 aromatic heterocycles. The molecular weight excluding hydrogens is 501 g/mol. The number of halogens is 1. The number of morpholine rings is 1. The molecule has 0 spiro atoms. The summed E-state index contributed by atoms with van der Waals surface area (Å²) < 4.78 is 19.5. The molecule has 10 nitrogen and oxygen atoms in total. The van der Waals surface area contributed by atoms with Gasteiger partial charge in [0.05, 0.1) is 31.3 Å². The molecule has 39 heavy (non-hydrogen) atoms. The van der Waals surface area contributed by atoms with E-state index >= 15 is 0 Å². The molecule has 200 valence electrons. The molecule has 0 radical (unpaired) electrons. The number of pyridine rings is 1. The van der Waals surface area contributed by atoms with E-state index in [1.807, 2.05) is 24.3 Å². The molecule has 11 heteroatoms. The van der Waals surface area contributed by atoms with Gasteiger partial charge in [-0.05, 0) is 60.4 Å². The van der Waals surface area contributed by atoms with Crippen molar-refractivity contribution in [2.45, 2.75) is 12.8 Å². The lowest BCUT2D eigenvalue weighted by Crippen LogP contribution is -2.38. The Bertz CT molecular complexity index is 1430. The number of aryl methyl sites for hydroxylation is 2. The van der Waals surface area contributed by atoms with Crippen molar-refractivity contribution in [1.82, 2.24) is 20.4 Å². The van der Waals surface area contributed by atoms with Crippen molar-refractivity contribution in [3.05, 3.63) is 95.7 Å². The SMILES string of the molecule is O=C(NNc1ncc(F)c(N2CCOCC2)n1)c1ccc(Nc2cccc(CCc3cccc(O)c3)c2)cn1. The Balaban J connectivity index is 1.15. The molecule has 0 saturated carbocycles. The second-order valence-electron chi connectivity index (χ2n) is 8.97. The number of nitrogens with one attached hydrogen (secondary N) is 3. The molecule has 5 rings (SSSR count). The van der Waals surface area contributed by atoms with Crippen molar-refractivity contribution in [3.8, 4) is 5.75 Å². The second-order valence-corrected chi connectivity index (χ2v) is 8.97. The van der Waals surface area contributed by atoms with Crippen LogP contribution in [0.5, 0.6) is 5.75 Å². The number of rotatable bonds is 9. The van der Waals surface area contributed by atoms with E-state index in [9.17, 15) is 14.3 Å². The van der Waals surface area contributed by atoms with Crippen LogP contribution in [0, 0.1) is 5.82 Å². The predicted molar refractivity (Wildman–Crippen MR) is 146 cm³/mol. The van der Waals surface area contributed by atoms with Crippen LogP contribution in [0.4, 0.5) is 27.5 Å². The number of nitrogens with zero attached hydrogens (tertiary/aromatic N) is 4. The summed E-state index contributed by atoms with van der Waals surface area (Å²) in [4.78, 5) is 26.6. The maximum absolute atomic E-state index is 14.2. The van der Waals surface area contributed by atoms with E-state index in [-0.39, 0.29) is 23.2 Å². The minimum atomic E-state index is -0.541. The third-order valence-corrected chi connectivity index (χ3v) is 6.15. The topological polar surface area (TPSA) is 125 Å². The van der Waals surface area contributed by atoms with Crippen molar-refractivity contribution >= 4 is 29.0 Å². The highest BCUT2D eigenvalue weighted by Crippen LogP contribution is 2.20. The summed E-state index contributed by atoms with van der Waals surface area (Å²) in [6.07, 6.45) is 4.27. The molecule has 2 aromatic carbocycles. The number of benzene rings is 2. The Hall–Kier alpha value is -4.77. The fourth-order valence-corrected chi connectivity index (χ4v) is 4.17. The first-order chi connectivity index (χ1) is 19.0. The molecule has 1 aliphatic rings. The first kappa shape index (κ1) is 25.9. The summed E-state index contributed by atoms with van der Waals surface area (Å²) in [5, 5.41) is 13.0. The standard InChI is InChI=1S/C28H28FN7O3/c29-24-18-31-28(33-26(24)36-11-13-39-14-12-36)35-34-27(38)25-10-9-22(17-30-25)32-21-5-1-3-19(15-21)7-8-20-4-2-6-23(37)16-20/h1-6,9-10,15-18,32,37H,7-8,11-14H2,(H,34,38)(H,31,33,35). The van der Waals surface area contributed by atoms with Gasteiger partial charge in [0.15, 0.2) is 11.6 Å². The van der Waals surface area contributed by atoms with Crippen LogP contribution in [0.3, 0.4) is 0 Å². The van der Waals surface area contributed by atoms with Gasteiger partial charge in [-0.1, -0.05) is 24.3 Å². The number of amides is 1. The summed E-state index contributed by atoms with van der Waals surface area (Å²) >= 11 is 0. The maximum Gasteiger partial charge on any atom is 0.288 e. The van der Waals surface area contributed by atoms with E-state index in [1.165, 1.54) is 0 Å². The number of carbonyl (C=O) groups excluding carboxylic acids is 1. The number of carbonyl (C=O) groups is 1. The van der Waals surface area contributed by atoms with Crippen LogP contribution in [-0.4, -0.2) is 52.3 Å². The van der Waals surface area contributed by atoms with Gasteiger partial charge < -0.3 is 20.1 Å². The maximum atomic E-state index is 14.2. The molecule has 1 aliphatic heterocycles. The lowest BCUT2D eigenvalue weighted by molar-refractivity contribution is 0.0957. The van der Waals surface area contributed by atoms with Crippen molar-refractivity contribution in [3.63, 3.8) is 0 Å². The Kier molecular flexibility index (Phi) is 8.08. The van der Waals surface area contributed by atoms with Gasteiger partial charge in [-0.2, -0.15) is 4.98 Å². The van der Waals surface area contributed by atoms with Gasteiger partial charge in [0.25, 0.3) is 5.91 Å². The summed E-state index contributed by atoms with van der Waals surface area (Å²) in [6.45, 7) is 2.03. The number of aromatic hydroxyl groups is 1. The second kappa shape index (κ2) is 12.2. The number of hydrogen-bond acceptors (Lipinski definition) is 9. The third-order valence-electron chi connectivity index (χ3n) is 6.15. The van der Waals surface area contributed by atoms with Gasteiger partial charge in [-0.25, -0.2) is 14.4 Å². The smallest absolute Gasteiger partial charge is 0.288 e. The molecule has 0 bridgehead atoms. The van der Waals surface area contributed by atoms with Crippen LogP contribution in [0.1, 0.15) is 21.6 Å². The fraction of sp³-hybridized carbons (Fsp3) is 0.214. The van der Waals surface area contributed by atoms with E-state index in [0.29, 0.717) is 26.3 Å². The molecule has 1 saturated heterocycles. The number of phenolic OH excluding ortho intramolecular Hbond substituents is 1. The highest BCUT2D eigenvalue weighted by Gasteiger charge is 2.18. The molecule has 0 unspecified atom stereocenters. The minimum Gasteiger partial charge on any atom is -0.508 e. The highest BCUT2D eigenvalue weighted by atomic mass is 19.1. The van der Waals surface area contributed by atoms with Crippen molar-refractivity contribution in [2.75, 3.05) is 41.9 Å². The zero-order chi connectivity index (χ0) is 27.0. The first-order valence-corrected chi connectivity index (χ1v) is 12.5. The number of anilines is 4. The van der Waals surface area contributed by atoms with Crippen LogP contribution in [0.2, 0.25) is 0 Å². The minimum absolute atomic E-state index is 0.0634. The fourth-order valence-electron chi connectivity index (χ4n) is 4.17. The van der Waals surface area contributed by atoms with Gasteiger partial charge in [0.1, 0.15) is 11.4 Å². The van der Waals surface area contributed by atoms with E-state index in [4.69, 9.17) is 4.74 Å². The quantitative estimate of drug-likeness (QED) is 0.239. The molecule has 4 aromatic rings. The van der Waals surface area contributed by atoms with Gasteiger partial charge in [-0.15, -0.1) is 0 Å². The average Bonchev–Trinajstić information content (AvgIpc) is 2.96. The number of phenols is 1. The number of hydrazine groups is 1. The first-order valence-electron chi connectivity index (χ1n) is 12.5. The number of hydrogen-bond donors (Lipinski definition) is 4. The van der Waals surface area contributed by atoms with Crippen molar-refractivity contribution < 1.29 is 19.0 Å². The van der Waals surface area contributed by atoms with Crippen LogP contribution in [0.15, 0.2) is 73.1 Å². The molecule has 0 atom stereocenters. The molecular formula is C28H28FN7O3. The van der Waals surface area contributed by atoms with Crippen molar-refractivity contribution in [1.29, 1.82) is 0 Å². The zero-order valence-corrected chi connectivity index (χ0v) is 21.1. The van der Waals surface area contributed by atoms with Gasteiger partial charge >= 0.3 is 0 Å². The monoisotopic (exact) mass is 529 g/mol. The van der Waals surface area contributed by atoms with Crippen LogP contribution in [0.25, 0.3) is 0 Å². The molecule has 3 heterocycles. The molecule has 0 aliphatic carbocycles. The van der Waals surface area contributed by atoms with Gasteiger partial charge in [0, 0.05) is 18.8 Å². The van der Waals surface area contributed by atoms with E-state index in [1.54, 1.807) is 35.4 Å². The van der Waals surface area contributed by atoms with E-state index < -0.39 is 11.7 Å². The lowest BCUT2D eigenvalue weighted by atomic mass is 10.0. The Morgan fingerprint density at radius 3 is 2.46 bits per heavy atom. The van der Waals surface area contributed by atoms with Crippen LogP contribution < -0.4 is 21.1 Å². The zero-order valence-electron chi connectivity index (χ0n) is 21.1. The summed E-state index contributed by atoms with van der Waals surface area (Å²) in [5.41, 5.74) is 9.14. The summed E-state index contributed by atoms with van der Waals surface area (Å²) in [6, 6.07) is 18.7. The molecule has 1 amide bonds. The summed E-state index contributed by atoms with van der Waals surface area (Å²) in [5.74, 6) is -0.544. The van der Waals surface area contributed by atoms with E-state index in [0.717, 1.165) is 41.5 Å². The average molecular weight is 530 g/mol. The van der Waals surface area contributed by atoms with Crippen LogP contribution in [-0.2, 0) is 17.6 Å². The normalized spacial score (nSPS) is 13.1. The van der Waals surface area contributed by atoms with Gasteiger partial charge in [-0.3, -0.25) is 15.6 Å². The Morgan fingerprint density at radius 2 is 1.72 bits per heavy atom. The molecule has 1 fully saturated rings. The summed E-state index contributed by atoms with van der Waals surface area (Å²) in [7, 11) is 0. The third kappa shape index (κ3) is 6.96. The van der Waals surface area contributed by atoms with Crippen molar-refractivity contribution in [2.24, 2.45) is 0 Å². The largest absolute Gasteiger partial charge is 0.508 e. The predicted octanol–water partition coefficient (Wildman–Crippen LogP) is 3.84. The van der Waals surface area contributed by atoms with Crippen LogP contribution >= 0.6 is 0 Å². The van der Waals surface area contributed by atoms with E-state index in [2.05, 4.69) is 43.3 Å². The van der Waals surface area contributed by atoms with Gasteiger partial charge in [0.2, 0.25) is 5.95 Å². The Morgan fingerprint density at radius 1 is 0.949 bits per heavy atom.